The number of amides is 1. The summed E-state index contributed by atoms with van der Waals surface area (Å²) in [5, 5.41) is 41.0. The molecule has 10 nitrogen and oxygen atoms in total. The lowest BCUT2D eigenvalue weighted by atomic mass is 9.90. The molecular formula is C40H49BClF2N3O7. The largest absolute Gasteiger partial charge is 0.737 e. The second-order valence-electron chi connectivity index (χ2n) is 14.4. The lowest BCUT2D eigenvalue weighted by molar-refractivity contribution is -0.362. The number of ether oxygens (including phenoxy) is 2. The van der Waals surface area contributed by atoms with Gasteiger partial charge in [-0.2, -0.15) is 0 Å². The highest BCUT2D eigenvalue weighted by atomic mass is 35.5. The predicted molar refractivity (Wildman–Crippen MR) is 204 cm³/mol. The first-order valence-corrected chi connectivity index (χ1v) is 19.1. The Morgan fingerprint density at radius 2 is 1.78 bits per heavy atom. The molecule has 5 atom stereocenters. The Hall–Kier alpha value is -3.85. The third-order valence-electron chi connectivity index (χ3n) is 10.5. The van der Waals surface area contributed by atoms with Crippen molar-refractivity contribution >= 4 is 36.3 Å². The molecule has 0 saturated carbocycles. The van der Waals surface area contributed by atoms with E-state index in [4.69, 9.17) is 21.1 Å². The SMILES string of the molecule is CCCN(CCCCOc1ccc(Cc2cc([C@@H]3O[C@H](CO)[C@@H](O)[C@H](O)[C@H]3O)ccc2Cl)cc1)C(=O)CCC1=[N+]2C(=Cc3c(C)cc(C)n3[B-]2(F)F)C=C1. The van der Waals surface area contributed by atoms with Crippen molar-refractivity contribution in [2.75, 3.05) is 26.3 Å². The maximum Gasteiger partial charge on any atom is 0.737 e. The minimum atomic E-state index is -4.06. The maximum atomic E-state index is 15.8. The summed E-state index contributed by atoms with van der Waals surface area (Å²) in [5.74, 6) is 0.650. The second kappa shape index (κ2) is 16.9. The molecule has 0 radical (unpaired) electrons. The predicted octanol–water partition coefficient (Wildman–Crippen LogP) is 5.34. The number of carbonyl (C=O) groups is 1. The van der Waals surface area contributed by atoms with Crippen molar-refractivity contribution in [2.24, 2.45) is 0 Å². The summed E-state index contributed by atoms with van der Waals surface area (Å²) in [6, 6.07) is 14.6. The quantitative estimate of drug-likeness (QED) is 0.122. The van der Waals surface area contributed by atoms with Gasteiger partial charge in [-0.25, -0.2) is 0 Å². The molecular weight excluding hydrogens is 719 g/mol. The molecule has 0 spiro atoms. The Kier molecular flexibility index (Phi) is 12.5. The number of fused-ring (bicyclic) bond motifs is 2. The monoisotopic (exact) mass is 767 g/mol. The van der Waals surface area contributed by atoms with Crippen LogP contribution < -0.4 is 4.74 Å². The Morgan fingerprint density at radius 1 is 1.02 bits per heavy atom. The number of unbranched alkanes of at least 4 members (excludes halogenated alkanes) is 1. The van der Waals surface area contributed by atoms with Crippen LogP contribution in [-0.4, -0.2) is 104 Å². The van der Waals surface area contributed by atoms with E-state index in [0.717, 1.165) is 44.9 Å². The zero-order valence-corrected chi connectivity index (χ0v) is 31.6. The van der Waals surface area contributed by atoms with E-state index < -0.39 is 44.1 Å². The standard InChI is InChI=1S/C40H49BClF2N3O7/c1-4-17-45(36(49)16-12-30-10-11-31-23-34-25(2)20-26(3)46(34)41(43,44)47(30)31)18-5-6-19-53-32-13-7-27(8-14-32)21-29-22-28(9-15-33(29)42)40-39(52)38(51)37(50)35(24-48)54-40/h7-11,13-15,20,22-23,35,37-40,48,50-52H,4-6,12,16-19,21,24H2,1-3H3/t35-,37-,38+,39-,40+/m1/s1. The lowest BCUT2D eigenvalue weighted by Gasteiger charge is -2.40. The minimum Gasteiger partial charge on any atom is -0.494 e. The summed E-state index contributed by atoms with van der Waals surface area (Å²) in [7, 11) is 0. The van der Waals surface area contributed by atoms with E-state index in [1.807, 2.05) is 43.0 Å². The van der Waals surface area contributed by atoms with E-state index >= 15 is 8.63 Å². The molecule has 4 heterocycles. The average Bonchev–Trinajstić information content (AvgIpc) is 3.70. The summed E-state index contributed by atoms with van der Waals surface area (Å²) in [6.07, 6.45) is 2.08. The maximum absolute atomic E-state index is 15.8. The van der Waals surface area contributed by atoms with E-state index in [-0.39, 0.29) is 18.7 Å². The van der Waals surface area contributed by atoms with Crippen molar-refractivity contribution in [3.63, 3.8) is 0 Å². The summed E-state index contributed by atoms with van der Waals surface area (Å²) < 4.78 is 45.5. The van der Waals surface area contributed by atoms with Crippen molar-refractivity contribution in [2.45, 2.75) is 89.8 Å². The molecule has 1 aromatic heterocycles. The summed E-state index contributed by atoms with van der Waals surface area (Å²) >= 11 is 6.51. The Balaban J connectivity index is 0.974. The first-order chi connectivity index (χ1) is 25.8. The van der Waals surface area contributed by atoms with Crippen LogP contribution >= 0.6 is 11.6 Å². The normalized spacial score (nSPS) is 22.9. The molecule has 3 aliphatic heterocycles. The number of hydrogen-bond acceptors (Lipinski definition) is 7. The zero-order valence-electron chi connectivity index (χ0n) is 30.9. The number of nitrogens with zero attached hydrogens (tertiary/aromatic N) is 3. The molecule has 3 aromatic rings. The molecule has 290 valence electrons. The van der Waals surface area contributed by atoms with Gasteiger partial charge in [-0.05, 0) is 91.7 Å². The van der Waals surface area contributed by atoms with Crippen LogP contribution in [0, 0.1) is 13.8 Å². The van der Waals surface area contributed by atoms with Gasteiger partial charge in [0.2, 0.25) is 5.91 Å². The molecule has 1 saturated heterocycles. The van der Waals surface area contributed by atoms with Gasteiger partial charge in [-0.3, -0.25) is 4.79 Å². The molecule has 54 heavy (non-hydrogen) atoms. The molecule has 14 heteroatoms. The smallest absolute Gasteiger partial charge is 0.494 e. The highest BCUT2D eigenvalue weighted by Crippen LogP contribution is 2.36. The first kappa shape index (κ1) is 39.8. The number of benzene rings is 2. The van der Waals surface area contributed by atoms with Gasteiger partial charge in [-0.15, -0.1) is 0 Å². The van der Waals surface area contributed by atoms with Gasteiger partial charge in [-0.1, -0.05) is 42.8 Å². The van der Waals surface area contributed by atoms with Gasteiger partial charge in [0.05, 0.1) is 13.2 Å². The molecule has 0 unspecified atom stereocenters. The van der Waals surface area contributed by atoms with Crippen LogP contribution in [0.1, 0.15) is 78.8 Å². The summed E-state index contributed by atoms with van der Waals surface area (Å²) in [6.45, 7) is 2.60. The Labute approximate surface area is 319 Å². The fourth-order valence-electron chi connectivity index (χ4n) is 7.72. The van der Waals surface area contributed by atoms with Gasteiger partial charge < -0.3 is 52.4 Å². The van der Waals surface area contributed by atoms with Gasteiger partial charge in [0.15, 0.2) is 5.70 Å². The van der Waals surface area contributed by atoms with Gasteiger partial charge in [0.25, 0.3) is 0 Å². The van der Waals surface area contributed by atoms with Crippen LogP contribution in [0.15, 0.2) is 66.4 Å². The van der Waals surface area contributed by atoms with E-state index in [0.29, 0.717) is 65.2 Å². The van der Waals surface area contributed by atoms with Crippen molar-refractivity contribution in [3.05, 3.63) is 105 Å². The number of aliphatic hydroxyl groups excluding tert-OH is 4. The molecule has 0 bridgehead atoms. The fourth-order valence-corrected chi connectivity index (χ4v) is 7.91. The number of allylic oxidation sites excluding steroid dienone is 2. The number of aliphatic hydroxyl groups is 4. The van der Waals surface area contributed by atoms with Crippen LogP contribution in [0.25, 0.3) is 6.08 Å². The summed E-state index contributed by atoms with van der Waals surface area (Å²) in [5.41, 5.74) is 5.08. The summed E-state index contributed by atoms with van der Waals surface area (Å²) in [4.78, 5) is 15.1. The van der Waals surface area contributed by atoms with E-state index in [2.05, 4.69) is 0 Å². The highest BCUT2D eigenvalue weighted by molar-refractivity contribution is 6.58. The molecule has 4 N–H and O–H groups in total. The molecule has 3 aliphatic rings. The number of halogens is 3. The second-order valence-corrected chi connectivity index (χ2v) is 14.8. The van der Waals surface area contributed by atoms with Gasteiger partial charge in [0, 0.05) is 54.9 Å². The molecule has 1 fully saturated rings. The molecule has 6 rings (SSSR count). The third kappa shape index (κ3) is 8.22. The number of carbonyl (C=O) groups excluding carboxylic acids is 1. The Bertz CT molecular complexity index is 1930. The molecule has 0 aliphatic carbocycles. The van der Waals surface area contributed by atoms with Crippen molar-refractivity contribution in [1.82, 2.24) is 9.38 Å². The lowest BCUT2D eigenvalue weighted by Crippen LogP contribution is -2.55. The van der Waals surface area contributed by atoms with Crippen LogP contribution in [0.4, 0.5) is 8.63 Å². The van der Waals surface area contributed by atoms with Gasteiger partial charge >= 0.3 is 6.97 Å². The van der Waals surface area contributed by atoms with E-state index in [1.54, 1.807) is 49.4 Å². The average molecular weight is 768 g/mol. The van der Waals surface area contributed by atoms with E-state index in [9.17, 15) is 25.2 Å². The van der Waals surface area contributed by atoms with Crippen molar-refractivity contribution in [3.8, 4) is 5.75 Å². The molecule has 2 aromatic carbocycles. The number of rotatable bonds is 15. The van der Waals surface area contributed by atoms with Crippen LogP contribution in [0.2, 0.25) is 5.02 Å². The van der Waals surface area contributed by atoms with Crippen molar-refractivity contribution in [1.29, 1.82) is 0 Å². The minimum absolute atomic E-state index is 0.0491. The number of aryl methyl sites for hydroxylation is 2. The number of hydrogen-bond donors (Lipinski definition) is 4. The van der Waals surface area contributed by atoms with E-state index in [1.165, 1.54) is 0 Å². The highest BCUT2D eigenvalue weighted by Gasteiger charge is 2.52. The molecule has 1 amide bonds. The fraction of sp³-hybridized carbons (Fsp3) is 0.450. The number of aromatic nitrogens is 1. The third-order valence-corrected chi connectivity index (χ3v) is 10.9. The van der Waals surface area contributed by atoms with Gasteiger partial charge in [0.1, 0.15) is 42.0 Å². The van der Waals surface area contributed by atoms with Crippen LogP contribution in [0.3, 0.4) is 0 Å². The zero-order chi connectivity index (χ0) is 38.7. The topological polar surface area (TPSA) is 128 Å². The van der Waals surface area contributed by atoms with Crippen LogP contribution in [0.5, 0.6) is 5.75 Å². The Morgan fingerprint density at radius 3 is 2.50 bits per heavy atom. The van der Waals surface area contributed by atoms with Crippen molar-refractivity contribution < 1.29 is 47.8 Å². The van der Waals surface area contributed by atoms with Crippen LogP contribution in [-0.2, 0) is 16.0 Å². The first-order valence-electron chi connectivity index (χ1n) is 18.7.